The van der Waals surface area contributed by atoms with Crippen molar-refractivity contribution in [3.63, 3.8) is 0 Å². The maximum atomic E-state index is 7.51. The van der Waals surface area contributed by atoms with Gasteiger partial charge in [0.2, 0.25) is 0 Å². The molecule has 0 spiro atoms. The first-order chi connectivity index (χ1) is 29.4. The fourth-order valence-electron chi connectivity index (χ4n) is 9.56. The number of rotatable bonds is 8. The van der Waals surface area contributed by atoms with E-state index in [2.05, 4.69) is 213 Å². The highest BCUT2D eigenvalue weighted by molar-refractivity contribution is 7.25. The van der Waals surface area contributed by atoms with E-state index in [1.165, 1.54) is 86.2 Å². The van der Waals surface area contributed by atoms with Crippen molar-refractivity contribution in [1.29, 1.82) is 0 Å². The first-order valence-corrected chi connectivity index (χ1v) is 21.7. The summed E-state index contributed by atoms with van der Waals surface area (Å²) in [5.74, 6) is 0. The van der Waals surface area contributed by atoms with E-state index in [1.54, 1.807) is 0 Å². The van der Waals surface area contributed by atoms with Crippen LogP contribution in [0.2, 0.25) is 0 Å². The Kier molecular flexibility index (Phi) is 8.77. The summed E-state index contributed by atoms with van der Waals surface area (Å²) < 4.78 is 2.61. The largest absolute Gasteiger partial charge is 0.381 e. The third kappa shape index (κ3) is 6.21. The number of fused-ring (bicyclic) bond motifs is 8. The molecule has 0 aliphatic heterocycles. The number of nitrogens with one attached hydrogen (secondary N) is 1. The molecule has 60 heavy (non-hydrogen) atoms. The second kappa shape index (κ2) is 14.5. The molecular formula is C57H44N2S. The highest BCUT2D eigenvalue weighted by Crippen LogP contribution is 2.52. The molecule has 3 N–H and O–H groups in total. The van der Waals surface area contributed by atoms with Crippen LogP contribution in [0.5, 0.6) is 0 Å². The Morgan fingerprint density at radius 1 is 0.550 bits per heavy atom. The first kappa shape index (κ1) is 36.3. The number of thiophene rings is 1. The van der Waals surface area contributed by atoms with Gasteiger partial charge in [-0.1, -0.05) is 153 Å². The maximum absolute atomic E-state index is 7.51. The van der Waals surface area contributed by atoms with Crippen LogP contribution in [0.4, 0.5) is 0 Å². The summed E-state index contributed by atoms with van der Waals surface area (Å²) in [6, 6.07) is 68.4. The van der Waals surface area contributed by atoms with Gasteiger partial charge in [-0.15, -0.1) is 11.3 Å². The lowest BCUT2D eigenvalue weighted by Gasteiger charge is -2.23. The van der Waals surface area contributed by atoms with Gasteiger partial charge in [-0.25, -0.2) is 0 Å². The molecule has 11 rings (SSSR count). The molecule has 0 radical (unpaired) electrons. The zero-order valence-corrected chi connectivity index (χ0v) is 34.6. The molecule has 1 atom stereocenters. The van der Waals surface area contributed by atoms with E-state index in [-0.39, 0.29) is 5.41 Å². The Balaban J connectivity index is 1.10. The zero-order valence-electron chi connectivity index (χ0n) is 33.7. The topological polar surface area (TPSA) is 38.0 Å². The lowest BCUT2D eigenvalue weighted by Crippen LogP contribution is -2.17. The molecule has 1 heterocycles. The molecule has 1 aliphatic carbocycles. The normalized spacial score (nSPS) is 13.8. The van der Waals surface area contributed by atoms with E-state index in [0.29, 0.717) is 6.54 Å². The highest BCUT2D eigenvalue weighted by Gasteiger charge is 2.37. The molecule has 1 aliphatic rings. The van der Waals surface area contributed by atoms with Crippen molar-refractivity contribution in [3.8, 4) is 33.4 Å². The van der Waals surface area contributed by atoms with Crippen molar-refractivity contribution >= 4 is 58.8 Å². The quantitative estimate of drug-likeness (QED) is 0.161. The van der Waals surface area contributed by atoms with Gasteiger partial charge < -0.3 is 11.1 Å². The standard InChI is InChI=1S/C57H44N2S/c1-57(2)50-24-13-23-47(56(50)49-32-38-17-6-7-18-39(38)33-51(49)57)53(59-35-36-14-4-3-5-15-36)34-52(58)43-29-41(28-42(30-43)45-22-12-19-37-16-8-9-20-44(37)45)40-26-27-55-48(31-40)46-21-10-11-25-54(46)60-55/h3-34,52,59H,35,58H2,1-2H3/b53-34-. The Labute approximate surface area is 355 Å². The molecule has 1 aromatic heterocycles. The van der Waals surface area contributed by atoms with E-state index in [4.69, 9.17) is 5.73 Å². The lowest BCUT2D eigenvalue weighted by molar-refractivity contribution is 0.661. The van der Waals surface area contributed by atoms with Crippen molar-refractivity contribution in [2.45, 2.75) is 31.8 Å². The molecule has 9 aromatic carbocycles. The smallest absolute Gasteiger partial charge is 0.0504 e. The third-order valence-electron chi connectivity index (χ3n) is 12.7. The van der Waals surface area contributed by atoms with Gasteiger partial charge in [-0.3, -0.25) is 0 Å². The van der Waals surface area contributed by atoms with Gasteiger partial charge >= 0.3 is 0 Å². The van der Waals surface area contributed by atoms with Crippen molar-refractivity contribution in [2.24, 2.45) is 5.73 Å². The molecule has 288 valence electrons. The molecule has 0 amide bonds. The summed E-state index contributed by atoms with van der Waals surface area (Å²) in [6.45, 7) is 5.39. The van der Waals surface area contributed by atoms with E-state index in [9.17, 15) is 0 Å². The summed E-state index contributed by atoms with van der Waals surface area (Å²) in [4.78, 5) is 0. The van der Waals surface area contributed by atoms with Crippen molar-refractivity contribution in [2.75, 3.05) is 0 Å². The van der Waals surface area contributed by atoms with Crippen LogP contribution in [0.15, 0.2) is 194 Å². The van der Waals surface area contributed by atoms with E-state index < -0.39 is 6.04 Å². The molecule has 2 nitrogen and oxygen atoms in total. The minimum Gasteiger partial charge on any atom is -0.381 e. The Bertz CT molecular complexity index is 3310. The van der Waals surface area contributed by atoms with Crippen LogP contribution in [0.25, 0.3) is 80.8 Å². The van der Waals surface area contributed by atoms with Gasteiger partial charge in [-0.05, 0) is 132 Å². The van der Waals surface area contributed by atoms with Crippen LogP contribution in [0.3, 0.4) is 0 Å². The van der Waals surface area contributed by atoms with Crippen LogP contribution in [0.1, 0.15) is 47.7 Å². The number of benzene rings is 9. The first-order valence-electron chi connectivity index (χ1n) is 20.9. The number of nitrogens with two attached hydrogens (primary N) is 1. The van der Waals surface area contributed by atoms with E-state index in [0.717, 1.165) is 22.4 Å². The molecular weight excluding hydrogens is 745 g/mol. The monoisotopic (exact) mass is 788 g/mol. The molecule has 1 unspecified atom stereocenters. The number of hydrogen-bond acceptors (Lipinski definition) is 3. The van der Waals surface area contributed by atoms with Gasteiger partial charge in [-0.2, -0.15) is 0 Å². The van der Waals surface area contributed by atoms with Crippen LogP contribution in [0, 0.1) is 0 Å². The van der Waals surface area contributed by atoms with Crippen molar-refractivity contribution in [1.82, 2.24) is 5.32 Å². The average Bonchev–Trinajstić information content (AvgIpc) is 3.77. The third-order valence-corrected chi connectivity index (χ3v) is 13.8. The second-order valence-electron chi connectivity index (χ2n) is 16.7. The Hall–Kier alpha value is -6.78. The minimum atomic E-state index is -0.413. The highest BCUT2D eigenvalue weighted by atomic mass is 32.1. The van der Waals surface area contributed by atoms with Crippen LogP contribution < -0.4 is 11.1 Å². The summed E-state index contributed by atoms with van der Waals surface area (Å²) in [5.41, 5.74) is 21.8. The summed E-state index contributed by atoms with van der Waals surface area (Å²) in [6.07, 6.45) is 2.26. The van der Waals surface area contributed by atoms with Gasteiger partial charge in [0.1, 0.15) is 0 Å². The van der Waals surface area contributed by atoms with Crippen LogP contribution in [-0.4, -0.2) is 0 Å². The van der Waals surface area contributed by atoms with Gasteiger partial charge in [0.15, 0.2) is 0 Å². The van der Waals surface area contributed by atoms with Crippen LogP contribution in [-0.2, 0) is 12.0 Å². The fraction of sp³-hybridized carbons (Fsp3) is 0.0877. The average molecular weight is 789 g/mol. The second-order valence-corrected chi connectivity index (χ2v) is 17.8. The van der Waals surface area contributed by atoms with Crippen molar-refractivity contribution in [3.05, 3.63) is 222 Å². The van der Waals surface area contributed by atoms with Crippen molar-refractivity contribution < 1.29 is 0 Å². The number of hydrogen-bond donors (Lipinski definition) is 2. The SMILES string of the molecule is CC1(C)c2cc3ccccc3cc2-c2c(/C(=C/C(N)c3cc(-c4ccc5sc6ccccc6c5c4)cc(-c4cccc5ccccc45)c3)NCc3ccccc3)cccc21. The molecule has 0 fully saturated rings. The zero-order chi connectivity index (χ0) is 40.4. The summed E-state index contributed by atoms with van der Waals surface area (Å²) in [7, 11) is 0. The Morgan fingerprint density at radius 2 is 1.23 bits per heavy atom. The predicted molar refractivity (Wildman–Crippen MR) is 257 cm³/mol. The molecule has 3 heteroatoms. The minimum absolute atomic E-state index is 0.159. The molecule has 0 bridgehead atoms. The molecule has 0 saturated heterocycles. The van der Waals surface area contributed by atoms with E-state index in [1.807, 2.05) is 11.3 Å². The summed E-state index contributed by atoms with van der Waals surface area (Å²) >= 11 is 1.85. The van der Waals surface area contributed by atoms with Gasteiger partial charge in [0.05, 0.1) is 6.04 Å². The van der Waals surface area contributed by atoms with E-state index >= 15 is 0 Å². The maximum Gasteiger partial charge on any atom is 0.0504 e. The Morgan fingerprint density at radius 3 is 2.08 bits per heavy atom. The summed E-state index contributed by atoms with van der Waals surface area (Å²) in [5, 5.41) is 11.5. The lowest BCUT2D eigenvalue weighted by atomic mass is 9.81. The van der Waals surface area contributed by atoms with Gasteiger partial charge in [0.25, 0.3) is 0 Å². The molecule has 0 saturated carbocycles. The predicted octanol–water partition coefficient (Wildman–Crippen LogP) is 14.8. The fourth-order valence-corrected chi connectivity index (χ4v) is 10.6. The molecule has 10 aromatic rings. The van der Waals surface area contributed by atoms with Gasteiger partial charge in [0, 0.05) is 43.4 Å². The van der Waals surface area contributed by atoms with Crippen LogP contribution >= 0.6 is 11.3 Å².